The van der Waals surface area contributed by atoms with E-state index >= 15 is 0 Å². The molecule has 0 unspecified atom stereocenters. The van der Waals surface area contributed by atoms with Gasteiger partial charge in [-0.1, -0.05) is 0 Å². The minimum atomic E-state index is -0.388. The average molecular weight is 137 g/mol. The Bertz CT molecular complexity index is 232. The van der Waals surface area contributed by atoms with Crippen molar-refractivity contribution in [3.8, 4) is 0 Å². The first kappa shape index (κ1) is 6.99. The first-order valence-electron chi connectivity index (χ1n) is 3.10. The Morgan fingerprint density at radius 2 is 1.80 bits per heavy atom. The van der Waals surface area contributed by atoms with E-state index in [1.165, 1.54) is 0 Å². The number of nitrogens with zero attached hydrogens (tertiary/aromatic N) is 2. The van der Waals surface area contributed by atoms with Gasteiger partial charge in [-0.15, -0.1) is 0 Å². The van der Waals surface area contributed by atoms with Crippen LogP contribution < -0.4 is 5.32 Å². The van der Waals surface area contributed by atoms with Crippen molar-refractivity contribution >= 4 is 11.7 Å². The van der Waals surface area contributed by atoms with Crippen LogP contribution in [0.2, 0.25) is 0 Å². The molecule has 53 valence electrons. The van der Waals surface area contributed by atoms with Gasteiger partial charge in [0, 0.05) is 11.4 Å². The van der Waals surface area contributed by atoms with Gasteiger partial charge in [0.05, 0.1) is 0 Å². The van der Waals surface area contributed by atoms with Crippen LogP contribution in [0.5, 0.6) is 0 Å². The molecule has 1 radical (unpaired) electrons. The highest BCUT2D eigenvalue weighted by Gasteiger charge is 2.12. The average Bonchev–Trinajstić information content (AvgIpc) is 1.82. The van der Waals surface area contributed by atoms with E-state index in [-0.39, 0.29) is 6.03 Å². The van der Waals surface area contributed by atoms with E-state index in [2.05, 4.69) is 10.3 Å². The Labute approximate surface area is 59.8 Å². The maximum atomic E-state index is 10.6. The summed E-state index contributed by atoms with van der Waals surface area (Å²) in [5.41, 5.74) is 2.55. The maximum Gasteiger partial charge on any atom is 0.367 e. The molecule has 0 saturated heterocycles. The summed E-state index contributed by atoms with van der Waals surface area (Å²) in [5.74, 6) is 0. The first-order chi connectivity index (χ1) is 4.61. The summed E-state index contributed by atoms with van der Waals surface area (Å²) in [6, 6.07) is -0.388. The predicted octanol–water partition coefficient (Wildman–Crippen LogP) is 1.48. The first-order valence-corrected chi connectivity index (χ1v) is 3.10. The summed E-state index contributed by atoms with van der Waals surface area (Å²) < 4.78 is 0. The van der Waals surface area contributed by atoms with Crippen LogP contribution in [0, 0.1) is 0 Å². The minimum Gasteiger partial charge on any atom is -0.244 e. The number of carbonyl (C=O) groups is 1. The molecule has 0 spiro atoms. The van der Waals surface area contributed by atoms with E-state index in [9.17, 15) is 4.79 Å². The van der Waals surface area contributed by atoms with Crippen molar-refractivity contribution in [1.29, 1.82) is 0 Å². The highest BCUT2D eigenvalue weighted by atomic mass is 16.2. The third kappa shape index (κ3) is 1.07. The number of rotatable bonds is 0. The van der Waals surface area contributed by atoms with Crippen LogP contribution >= 0.6 is 0 Å². The minimum absolute atomic E-state index is 0.388. The third-order valence-electron chi connectivity index (χ3n) is 1.61. The van der Waals surface area contributed by atoms with Crippen molar-refractivity contribution in [3.63, 3.8) is 0 Å². The standard InChI is InChI=1S/C7H9N2O/c1-4-5(2)8-7(10)9-6(4)3/h1-3H3. The van der Waals surface area contributed by atoms with E-state index in [0.717, 1.165) is 17.0 Å². The van der Waals surface area contributed by atoms with Gasteiger partial charge in [-0.25, -0.2) is 4.79 Å². The smallest absolute Gasteiger partial charge is 0.244 e. The fourth-order valence-corrected chi connectivity index (χ4v) is 0.741. The molecule has 1 rings (SSSR count). The van der Waals surface area contributed by atoms with Crippen molar-refractivity contribution in [2.24, 2.45) is 4.99 Å². The van der Waals surface area contributed by atoms with Gasteiger partial charge in [-0.05, 0) is 26.3 Å². The molecule has 0 fully saturated rings. The van der Waals surface area contributed by atoms with Gasteiger partial charge >= 0.3 is 6.03 Å². The molecule has 0 atom stereocenters. The molecule has 0 bridgehead atoms. The zero-order chi connectivity index (χ0) is 7.72. The topological polar surface area (TPSA) is 43.5 Å². The van der Waals surface area contributed by atoms with Crippen molar-refractivity contribution in [3.05, 3.63) is 11.3 Å². The monoisotopic (exact) mass is 137 g/mol. The van der Waals surface area contributed by atoms with Crippen LogP contribution in [0.4, 0.5) is 4.79 Å². The lowest BCUT2D eigenvalue weighted by atomic mass is 10.1. The molecular formula is C7H9N2O. The van der Waals surface area contributed by atoms with E-state index in [1.54, 1.807) is 0 Å². The van der Waals surface area contributed by atoms with Crippen LogP contribution in [0.25, 0.3) is 0 Å². The fourth-order valence-electron chi connectivity index (χ4n) is 0.741. The number of aliphatic imine (C=N–C) groups is 1. The summed E-state index contributed by atoms with van der Waals surface area (Å²) in [7, 11) is 0. The number of hydrogen-bond donors (Lipinski definition) is 0. The van der Waals surface area contributed by atoms with Gasteiger partial charge in [0.1, 0.15) is 0 Å². The Hall–Kier alpha value is -1.12. The molecule has 1 heterocycles. The molecule has 3 nitrogen and oxygen atoms in total. The number of allylic oxidation sites excluding steroid dienone is 2. The van der Waals surface area contributed by atoms with Crippen molar-refractivity contribution in [1.82, 2.24) is 5.32 Å². The Morgan fingerprint density at radius 1 is 1.20 bits per heavy atom. The lowest BCUT2D eigenvalue weighted by Crippen LogP contribution is -2.19. The lowest BCUT2D eigenvalue weighted by Gasteiger charge is -2.09. The van der Waals surface area contributed by atoms with Gasteiger partial charge in [0.15, 0.2) is 0 Å². The molecule has 3 heteroatoms. The Balaban J connectivity index is 3.01. The highest BCUT2D eigenvalue weighted by molar-refractivity contribution is 6.07. The van der Waals surface area contributed by atoms with Crippen LogP contribution in [-0.2, 0) is 0 Å². The summed E-state index contributed by atoms with van der Waals surface area (Å²) in [6.45, 7) is 5.53. The summed E-state index contributed by atoms with van der Waals surface area (Å²) >= 11 is 0. The SMILES string of the molecule is CC1=NC(=O)[N]C(C)=C1C. The van der Waals surface area contributed by atoms with Crippen LogP contribution in [0.3, 0.4) is 0 Å². The number of amides is 2. The van der Waals surface area contributed by atoms with Crippen molar-refractivity contribution in [2.45, 2.75) is 20.8 Å². The van der Waals surface area contributed by atoms with E-state index in [4.69, 9.17) is 0 Å². The molecule has 0 aromatic heterocycles. The quantitative estimate of drug-likeness (QED) is 0.498. The summed E-state index contributed by atoms with van der Waals surface area (Å²) in [5, 5.41) is 3.67. The van der Waals surface area contributed by atoms with Gasteiger partial charge in [0.25, 0.3) is 0 Å². The second-order valence-electron chi connectivity index (χ2n) is 2.30. The zero-order valence-corrected chi connectivity index (χ0v) is 6.30. The lowest BCUT2D eigenvalue weighted by molar-refractivity contribution is 0.250. The molecule has 1 aliphatic rings. The molecule has 0 aliphatic carbocycles. The predicted molar refractivity (Wildman–Crippen MR) is 39.0 cm³/mol. The molecule has 0 saturated carbocycles. The van der Waals surface area contributed by atoms with Gasteiger partial charge in [-0.3, -0.25) is 0 Å². The second-order valence-corrected chi connectivity index (χ2v) is 2.30. The fraction of sp³-hybridized carbons (Fsp3) is 0.429. The zero-order valence-electron chi connectivity index (χ0n) is 6.30. The van der Waals surface area contributed by atoms with Gasteiger partial charge in [0.2, 0.25) is 0 Å². The van der Waals surface area contributed by atoms with E-state index in [0.29, 0.717) is 0 Å². The normalized spacial score (nSPS) is 18.7. The number of hydrogen-bond acceptors (Lipinski definition) is 1. The summed E-state index contributed by atoms with van der Waals surface area (Å²) in [4.78, 5) is 14.3. The molecular weight excluding hydrogens is 128 g/mol. The van der Waals surface area contributed by atoms with Gasteiger partial charge < -0.3 is 0 Å². The van der Waals surface area contributed by atoms with E-state index < -0.39 is 0 Å². The van der Waals surface area contributed by atoms with Crippen molar-refractivity contribution < 1.29 is 4.79 Å². The van der Waals surface area contributed by atoms with Crippen LogP contribution in [-0.4, -0.2) is 11.7 Å². The molecule has 0 aromatic rings. The van der Waals surface area contributed by atoms with Crippen molar-refractivity contribution in [2.75, 3.05) is 0 Å². The number of carbonyl (C=O) groups excluding carboxylic acids is 1. The molecule has 10 heavy (non-hydrogen) atoms. The molecule has 2 amide bonds. The third-order valence-corrected chi connectivity index (χ3v) is 1.61. The van der Waals surface area contributed by atoms with Crippen LogP contribution in [0.15, 0.2) is 16.3 Å². The van der Waals surface area contributed by atoms with Gasteiger partial charge in [-0.2, -0.15) is 10.3 Å². The molecule has 1 aliphatic heterocycles. The maximum absolute atomic E-state index is 10.6. The highest BCUT2D eigenvalue weighted by Crippen LogP contribution is 2.09. The molecule has 0 N–H and O–H groups in total. The Morgan fingerprint density at radius 3 is 2.30 bits per heavy atom. The summed E-state index contributed by atoms with van der Waals surface area (Å²) in [6.07, 6.45) is 0. The Kier molecular flexibility index (Phi) is 1.57. The molecule has 0 aromatic carbocycles. The van der Waals surface area contributed by atoms with E-state index in [1.807, 2.05) is 20.8 Å². The number of urea groups is 1. The second kappa shape index (κ2) is 2.25. The largest absolute Gasteiger partial charge is 0.367 e. The van der Waals surface area contributed by atoms with Crippen LogP contribution in [0.1, 0.15) is 20.8 Å².